The molecule has 2 aromatic rings. The fraction of sp³-hybridized carbons (Fsp3) is 0.364. The lowest BCUT2D eigenvalue weighted by Gasteiger charge is -2.23. The molecule has 10 heteroatoms. The van der Waals surface area contributed by atoms with Crippen LogP contribution in [0.1, 0.15) is 47.4 Å². The van der Waals surface area contributed by atoms with Crippen LogP contribution in [0.15, 0.2) is 59.5 Å². The monoisotopic (exact) mass is 470 g/mol. The number of nitrogens with zero attached hydrogens (tertiary/aromatic N) is 2. The van der Waals surface area contributed by atoms with Gasteiger partial charge in [0.1, 0.15) is 6.54 Å². The molecule has 0 aliphatic rings. The first kappa shape index (κ1) is 25.5. The van der Waals surface area contributed by atoms with E-state index < -0.39 is 34.6 Å². The molecule has 0 atom stereocenters. The van der Waals surface area contributed by atoms with Crippen LogP contribution in [0.25, 0.3) is 0 Å². The molecule has 0 heterocycles. The maximum atomic E-state index is 13.1. The lowest BCUT2D eigenvalue weighted by molar-refractivity contribution is -0.136. The number of carbonyl (C=O) groups is 2. The van der Waals surface area contributed by atoms with Gasteiger partial charge in [-0.05, 0) is 49.2 Å². The molecule has 2 amide bonds. The summed E-state index contributed by atoms with van der Waals surface area (Å²) in [5.41, 5.74) is -0.297. The van der Waals surface area contributed by atoms with Gasteiger partial charge in [0.05, 0.1) is 4.90 Å². The van der Waals surface area contributed by atoms with E-state index in [1.807, 2.05) is 13.8 Å². The van der Waals surface area contributed by atoms with Gasteiger partial charge in [-0.3, -0.25) is 14.5 Å². The summed E-state index contributed by atoms with van der Waals surface area (Å²) >= 11 is 0. The van der Waals surface area contributed by atoms with E-state index >= 15 is 0 Å². The number of alkyl halides is 3. The standard InChI is InChI=1S/C22H25F3N2O4S/c1-3-14-26(15-4-2)32(30,31)19-12-10-18(11-13-19)21(29)27(16-22(23,24)25)20(28)17-8-6-5-7-9-17/h5-13H,3-4,14-16H2,1-2H3. The Morgan fingerprint density at radius 2 is 1.28 bits per heavy atom. The zero-order chi connectivity index (χ0) is 23.9. The number of sulfonamides is 1. The highest BCUT2D eigenvalue weighted by Gasteiger charge is 2.37. The minimum Gasteiger partial charge on any atom is -0.269 e. The van der Waals surface area contributed by atoms with Crippen LogP contribution in [0, 0.1) is 0 Å². The topological polar surface area (TPSA) is 74.8 Å². The van der Waals surface area contributed by atoms with Crippen molar-refractivity contribution in [3.05, 3.63) is 65.7 Å². The van der Waals surface area contributed by atoms with E-state index in [9.17, 15) is 31.2 Å². The Hall–Kier alpha value is -2.72. The summed E-state index contributed by atoms with van der Waals surface area (Å²) < 4.78 is 66.2. The van der Waals surface area contributed by atoms with Crippen LogP contribution in [0.2, 0.25) is 0 Å². The SMILES string of the molecule is CCCN(CCC)S(=O)(=O)c1ccc(C(=O)N(CC(F)(F)F)C(=O)c2ccccc2)cc1. The molecule has 0 unspecified atom stereocenters. The summed E-state index contributed by atoms with van der Waals surface area (Å²) in [6.07, 6.45) is -3.57. The maximum absolute atomic E-state index is 13.1. The first-order valence-corrected chi connectivity index (χ1v) is 11.5. The van der Waals surface area contributed by atoms with Crippen molar-refractivity contribution in [2.24, 2.45) is 0 Å². The number of hydrogen-bond acceptors (Lipinski definition) is 4. The molecule has 0 N–H and O–H groups in total. The van der Waals surface area contributed by atoms with Crippen LogP contribution in [-0.2, 0) is 10.0 Å². The normalized spacial score (nSPS) is 12.1. The highest BCUT2D eigenvalue weighted by molar-refractivity contribution is 7.89. The first-order valence-electron chi connectivity index (χ1n) is 10.1. The maximum Gasteiger partial charge on any atom is 0.406 e. The molecule has 174 valence electrons. The van der Waals surface area contributed by atoms with Crippen molar-refractivity contribution in [3.63, 3.8) is 0 Å². The van der Waals surface area contributed by atoms with Crippen LogP contribution in [0.3, 0.4) is 0 Å². The minimum absolute atomic E-state index is 0.0703. The molecule has 0 aromatic heterocycles. The molecule has 2 aromatic carbocycles. The molecular formula is C22H25F3N2O4S. The van der Waals surface area contributed by atoms with Crippen molar-refractivity contribution in [1.82, 2.24) is 9.21 Å². The summed E-state index contributed by atoms with van der Waals surface area (Å²) in [7, 11) is -3.81. The smallest absolute Gasteiger partial charge is 0.269 e. The minimum atomic E-state index is -4.80. The van der Waals surface area contributed by atoms with Crippen LogP contribution < -0.4 is 0 Å². The molecule has 0 saturated carbocycles. The molecule has 0 fully saturated rings. The number of amides is 2. The van der Waals surface area contributed by atoms with Crippen LogP contribution in [0.5, 0.6) is 0 Å². The van der Waals surface area contributed by atoms with Gasteiger partial charge in [-0.1, -0.05) is 32.0 Å². The van der Waals surface area contributed by atoms with E-state index in [1.54, 1.807) is 6.07 Å². The fourth-order valence-corrected chi connectivity index (χ4v) is 4.70. The molecular weight excluding hydrogens is 445 g/mol. The summed E-state index contributed by atoms with van der Waals surface area (Å²) in [6, 6.07) is 11.7. The quantitative estimate of drug-likeness (QED) is 0.511. The molecule has 0 bridgehead atoms. The van der Waals surface area contributed by atoms with E-state index in [1.165, 1.54) is 40.7 Å². The third-order valence-corrected chi connectivity index (χ3v) is 6.45. The molecule has 6 nitrogen and oxygen atoms in total. The third kappa shape index (κ3) is 6.39. The van der Waals surface area contributed by atoms with Crippen molar-refractivity contribution in [2.75, 3.05) is 19.6 Å². The largest absolute Gasteiger partial charge is 0.406 e. The predicted octanol–water partition coefficient (Wildman–Crippen LogP) is 4.34. The van der Waals surface area contributed by atoms with Gasteiger partial charge in [-0.25, -0.2) is 8.42 Å². The van der Waals surface area contributed by atoms with E-state index in [0.717, 1.165) is 12.1 Å². The van der Waals surface area contributed by atoms with Gasteiger partial charge in [-0.15, -0.1) is 0 Å². The Labute approximate surface area is 185 Å². The highest BCUT2D eigenvalue weighted by Crippen LogP contribution is 2.22. The second-order valence-corrected chi connectivity index (χ2v) is 9.04. The molecule has 32 heavy (non-hydrogen) atoms. The molecule has 0 aliphatic heterocycles. The van der Waals surface area contributed by atoms with Gasteiger partial charge in [0.25, 0.3) is 11.8 Å². The Balaban J connectivity index is 2.36. The van der Waals surface area contributed by atoms with Gasteiger partial charge in [-0.2, -0.15) is 17.5 Å². The average molecular weight is 471 g/mol. The zero-order valence-corrected chi connectivity index (χ0v) is 18.6. The Morgan fingerprint density at radius 1 is 0.812 bits per heavy atom. The summed E-state index contributed by atoms with van der Waals surface area (Å²) in [6.45, 7) is 2.57. The fourth-order valence-electron chi connectivity index (χ4n) is 3.08. The van der Waals surface area contributed by atoms with Crippen LogP contribution >= 0.6 is 0 Å². The number of imide groups is 1. The highest BCUT2D eigenvalue weighted by atomic mass is 32.2. The van der Waals surface area contributed by atoms with Gasteiger partial charge >= 0.3 is 6.18 Å². The third-order valence-electron chi connectivity index (χ3n) is 4.53. The molecule has 0 spiro atoms. The van der Waals surface area contributed by atoms with Gasteiger partial charge in [0, 0.05) is 24.2 Å². The molecule has 0 radical (unpaired) electrons. The van der Waals surface area contributed by atoms with Crippen LogP contribution in [0.4, 0.5) is 13.2 Å². The van der Waals surface area contributed by atoms with Gasteiger partial charge < -0.3 is 0 Å². The van der Waals surface area contributed by atoms with Crippen molar-refractivity contribution < 1.29 is 31.2 Å². The second kappa shape index (κ2) is 10.7. The van der Waals surface area contributed by atoms with E-state index in [4.69, 9.17) is 0 Å². The second-order valence-electron chi connectivity index (χ2n) is 7.11. The predicted molar refractivity (Wildman–Crippen MR) is 114 cm³/mol. The zero-order valence-electron chi connectivity index (χ0n) is 17.8. The van der Waals surface area contributed by atoms with Crippen molar-refractivity contribution in [3.8, 4) is 0 Å². The van der Waals surface area contributed by atoms with Gasteiger partial charge in [0.15, 0.2) is 0 Å². The lowest BCUT2D eigenvalue weighted by Crippen LogP contribution is -2.43. The summed E-state index contributed by atoms with van der Waals surface area (Å²) in [5, 5.41) is 0. The van der Waals surface area contributed by atoms with Gasteiger partial charge in [0.2, 0.25) is 10.0 Å². The first-order chi connectivity index (χ1) is 15.0. The van der Waals surface area contributed by atoms with E-state index in [-0.39, 0.29) is 20.9 Å². The molecule has 0 saturated heterocycles. The number of carbonyl (C=O) groups excluding carboxylic acids is 2. The molecule has 0 aliphatic carbocycles. The average Bonchev–Trinajstić information content (AvgIpc) is 2.76. The Morgan fingerprint density at radius 3 is 1.72 bits per heavy atom. The van der Waals surface area contributed by atoms with E-state index in [2.05, 4.69) is 0 Å². The van der Waals surface area contributed by atoms with Crippen molar-refractivity contribution in [1.29, 1.82) is 0 Å². The Bertz CT molecular complexity index is 1020. The van der Waals surface area contributed by atoms with Crippen LogP contribution in [-0.4, -0.2) is 55.2 Å². The Kier molecular flexibility index (Phi) is 8.57. The number of halogens is 3. The van der Waals surface area contributed by atoms with E-state index in [0.29, 0.717) is 25.9 Å². The van der Waals surface area contributed by atoms with Crippen molar-refractivity contribution >= 4 is 21.8 Å². The lowest BCUT2D eigenvalue weighted by atomic mass is 10.1. The number of hydrogen-bond donors (Lipinski definition) is 0. The number of rotatable bonds is 9. The summed E-state index contributed by atoms with van der Waals surface area (Å²) in [4.78, 5) is 25.4. The summed E-state index contributed by atoms with van der Waals surface area (Å²) in [5.74, 6) is -2.26. The molecule has 2 rings (SSSR count). The number of benzene rings is 2. The van der Waals surface area contributed by atoms with Crippen molar-refractivity contribution in [2.45, 2.75) is 37.8 Å².